The lowest BCUT2D eigenvalue weighted by Crippen LogP contribution is -2.62. The summed E-state index contributed by atoms with van der Waals surface area (Å²) >= 11 is 0. The van der Waals surface area contributed by atoms with Gasteiger partial charge in [-0.25, -0.2) is 0 Å². The number of hydrogen-bond acceptors (Lipinski definition) is 3. The van der Waals surface area contributed by atoms with Gasteiger partial charge >= 0.3 is 0 Å². The van der Waals surface area contributed by atoms with Crippen LogP contribution in [0.2, 0.25) is 0 Å². The maximum Gasteiger partial charge on any atom is 0.255 e. The second-order valence-corrected chi connectivity index (χ2v) is 4.99. The molecule has 1 saturated heterocycles. The van der Waals surface area contributed by atoms with Crippen LogP contribution >= 0.6 is 0 Å². The minimum atomic E-state index is 0.0629. The average Bonchev–Trinajstić information content (AvgIpc) is 2.40. The molecule has 3 rings (SSSR count). The number of nitrogens with one attached hydrogen (secondary N) is 2. The fourth-order valence-corrected chi connectivity index (χ4v) is 2.81. The first-order valence-electron chi connectivity index (χ1n) is 6.70. The zero-order chi connectivity index (χ0) is 12.5. The summed E-state index contributed by atoms with van der Waals surface area (Å²) in [5.74, 6) is 0.0629. The average molecular weight is 245 g/mol. The van der Waals surface area contributed by atoms with Crippen LogP contribution in [-0.4, -0.2) is 31.7 Å². The highest BCUT2D eigenvalue weighted by atomic mass is 16.2. The van der Waals surface area contributed by atoms with Crippen molar-refractivity contribution >= 4 is 11.6 Å². The Morgan fingerprint density at radius 2 is 2.33 bits per heavy atom. The van der Waals surface area contributed by atoms with E-state index in [1.807, 2.05) is 6.07 Å². The van der Waals surface area contributed by atoms with Gasteiger partial charge in [0.15, 0.2) is 0 Å². The number of carbonyl (C=O) groups is 1. The Balaban J connectivity index is 1.98. The Hall–Kier alpha value is -1.55. The van der Waals surface area contributed by atoms with Crippen LogP contribution in [0.3, 0.4) is 0 Å². The molecule has 1 fully saturated rings. The number of nitrogens with zero attached hydrogens (tertiary/aromatic N) is 1. The van der Waals surface area contributed by atoms with Crippen LogP contribution in [-0.2, 0) is 6.42 Å². The minimum absolute atomic E-state index is 0.0629. The van der Waals surface area contributed by atoms with Crippen LogP contribution < -0.4 is 15.5 Å². The first-order valence-corrected chi connectivity index (χ1v) is 6.70. The SMILES string of the molecule is CCCc1ccc2c(c1)C(=O)N[C@H]1CNCCN21. The van der Waals surface area contributed by atoms with Crippen molar-refractivity contribution in [3.05, 3.63) is 29.3 Å². The summed E-state index contributed by atoms with van der Waals surface area (Å²) in [6.45, 7) is 4.90. The maximum atomic E-state index is 12.1. The number of hydrogen-bond donors (Lipinski definition) is 2. The van der Waals surface area contributed by atoms with Crippen LogP contribution in [0.15, 0.2) is 18.2 Å². The molecule has 1 aromatic carbocycles. The minimum Gasteiger partial charge on any atom is -0.348 e. The summed E-state index contributed by atoms with van der Waals surface area (Å²) in [7, 11) is 0. The predicted molar refractivity (Wildman–Crippen MR) is 71.9 cm³/mol. The molecule has 0 bridgehead atoms. The maximum absolute atomic E-state index is 12.1. The molecule has 0 unspecified atom stereocenters. The van der Waals surface area contributed by atoms with Crippen LogP contribution in [0.4, 0.5) is 5.69 Å². The monoisotopic (exact) mass is 245 g/mol. The number of piperazine rings is 1. The Labute approximate surface area is 107 Å². The van der Waals surface area contributed by atoms with Gasteiger partial charge in [0.1, 0.15) is 6.17 Å². The smallest absolute Gasteiger partial charge is 0.255 e. The van der Waals surface area contributed by atoms with Crippen molar-refractivity contribution in [3.63, 3.8) is 0 Å². The van der Waals surface area contributed by atoms with E-state index in [2.05, 4.69) is 34.6 Å². The van der Waals surface area contributed by atoms with Crippen molar-refractivity contribution in [2.75, 3.05) is 24.5 Å². The number of fused-ring (bicyclic) bond motifs is 3. The Morgan fingerprint density at radius 3 is 3.17 bits per heavy atom. The molecule has 1 amide bonds. The van der Waals surface area contributed by atoms with Crippen molar-refractivity contribution in [3.8, 4) is 0 Å². The first kappa shape index (κ1) is 11.5. The van der Waals surface area contributed by atoms with E-state index in [0.29, 0.717) is 0 Å². The number of aryl methyl sites for hydroxylation is 1. The number of amides is 1. The van der Waals surface area contributed by atoms with Crippen molar-refractivity contribution in [1.29, 1.82) is 0 Å². The summed E-state index contributed by atoms with van der Waals surface area (Å²) in [5.41, 5.74) is 3.17. The summed E-state index contributed by atoms with van der Waals surface area (Å²) in [6.07, 6.45) is 2.25. The molecule has 0 spiro atoms. The molecule has 2 aliphatic heterocycles. The molecule has 18 heavy (non-hydrogen) atoms. The van der Waals surface area contributed by atoms with Crippen molar-refractivity contribution in [1.82, 2.24) is 10.6 Å². The largest absolute Gasteiger partial charge is 0.348 e. The van der Waals surface area contributed by atoms with Gasteiger partial charge in [-0.3, -0.25) is 4.79 Å². The molecular formula is C14H19N3O. The van der Waals surface area contributed by atoms with Gasteiger partial charge in [0.25, 0.3) is 5.91 Å². The van der Waals surface area contributed by atoms with Crippen LogP contribution in [0.1, 0.15) is 29.3 Å². The predicted octanol–water partition coefficient (Wildman–Crippen LogP) is 1.12. The topological polar surface area (TPSA) is 44.4 Å². The molecule has 96 valence electrons. The third kappa shape index (κ3) is 1.86. The van der Waals surface area contributed by atoms with E-state index < -0.39 is 0 Å². The van der Waals surface area contributed by atoms with Gasteiger partial charge < -0.3 is 15.5 Å². The Morgan fingerprint density at radius 1 is 1.44 bits per heavy atom. The molecule has 1 atom stereocenters. The van der Waals surface area contributed by atoms with Crippen molar-refractivity contribution in [2.45, 2.75) is 25.9 Å². The molecule has 0 aromatic heterocycles. The third-order valence-electron chi connectivity index (χ3n) is 3.69. The van der Waals surface area contributed by atoms with Gasteiger partial charge in [-0.1, -0.05) is 19.4 Å². The van der Waals surface area contributed by atoms with Crippen molar-refractivity contribution in [2.24, 2.45) is 0 Å². The van der Waals surface area contributed by atoms with Crippen LogP contribution in [0, 0.1) is 0 Å². The number of carbonyl (C=O) groups excluding carboxylic acids is 1. The van der Waals surface area contributed by atoms with Crippen LogP contribution in [0.25, 0.3) is 0 Å². The van der Waals surface area contributed by atoms with E-state index in [1.165, 1.54) is 5.56 Å². The second kappa shape index (κ2) is 4.61. The van der Waals surface area contributed by atoms with Gasteiger partial charge in [-0.15, -0.1) is 0 Å². The highest BCUT2D eigenvalue weighted by molar-refractivity contribution is 6.02. The molecule has 2 N–H and O–H groups in total. The van der Waals surface area contributed by atoms with Gasteiger partial charge in [0.05, 0.1) is 11.3 Å². The quantitative estimate of drug-likeness (QED) is 0.820. The molecule has 0 radical (unpaired) electrons. The first-order chi connectivity index (χ1) is 8.79. The van der Waals surface area contributed by atoms with E-state index in [1.54, 1.807) is 0 Å². The van der Waals surface area contributed by atoms with Gasteiger partial charge in [-0.05, 0) is 24.1 Å². The fourth-order valence-electron chi connectivity index (χ4n) is 2.81. The van der Waals surface area contributed by atoms with Gasteiger partial charge in [0, 0.05) is 19.6 Å². The lowest BCUT2D eigenvalue weighted by molar-refractivity contribution is 0.0922. The van der Waals surface area contributed by atoms with Gasteiger partial charge in [-0.2, -0.15) is 0 Å². The zero-order valence-corrected chi connectivity index (χ0v) is 10.7. The van der Waals surface area contributed by atoms with E-state index in [9.17, 15) is 4.79 Å². The number of benzene rings is 1. The zero-order valence-electron chi connectivity index (χ0n) is 10.7. The standard InChI is InChI=1S/C14H19N3O/c1-2-3-10-4-5-12-11(8-10)14(18)16-13-9-15-6-7-17(12)13/h4-5,8,13,15H,2-3,6-7,9H2,1H3,(H,16,18)/t13-/m1/s1. The van der Waals surface area contributed by atoms with Crippen LogP contribution in [0.5, 0.6) is 0 Å². The lowest BCUT2D eigenvalue weighted by atomic mass is 10.0. The lowest BCUT2D eigenvalue weighted by Gasteiger charge is -2.42. The van der Waals surface area contributed by atoms with E-state index in [0.717, 1.165) is 43.7 Å². The van der Waals surface area contributed by atoms with Gasteiger partial charge in [0.2, 0.25) is 0 Å². The molecule has 0 saturated carbocycles. The van der Waals surface area contributed by atoms with Crippen molar-refractivity contribution < 1.29 is 4.79 Å². The highest BCUT2D eigenvalue weighted by Gasteiger charge is 2.32. The summed E-state index contributed by atoms with van der Waals surface area (Å²) in [6, 6.07) is 6.31. The summed E-state index contributed by atoms with van der Waals surface area (Å²) in [5, 5.41) is 6.38. The molecular weight excluding hydrogens is 226 g/mol. The summed E-state index contributed by atoms with van der Waals surface area (Å²) in [4.78, 5) is 14.4. The number of anilines is 1. The van der Waals surface area contributed by atoms with E-state index >= 15 is 0 Å². The Kier molecular flexibility index (Phi) is 2.96. The fraction of sp³-hybridized carbons (Fsp3) is 0.500. The molecule has 1 aromatic rings. The molecule has 2 heterocycles. The second-order valence-electron chi connectivity index (χ2n) is 4.99. The summed E-state index contributed by atoms with van der Waals surface area (Å²) < 4.78 is 0. The third-order valence-corrected chi connectivity index (χ3v) is 3.69. The molecule has 4 nitrogen and oxygen atoms in total. The number of rotatable bonds is 2. The molecule has 2 aliphatic rings. The highest BCUT2D eigenvalue weighted by Crippen LogP contribution is 2.28. The Bertz CT molecular complexity index is 472. The molecule has 4 heteroatoms. The normalized spacial score (nSPS) is 22.2. The molecule has 0 aliphatic carbocycles. The van der Waals surface area contributed by atoms with E-state index in [4.69, 9.17) is 0 Å². The van der Waals surface area contributed by atoms with E-state index in [-0.39, 0.29) is 12.1 Å².